The van der Waals surface area contributed by atoms with Gasteiger partial charge < -0.3 is 10.3 Å². The van der Waals surface area contributed by atoms with Gasteiger partial charge in [-0.3, -0.25) is 9.89 Å². The van der Waals surface area contributed by atoms with Crippen LogP contribution in [0.3, 0.4) is 0 Å². The molecular weight excluding hydrogens is 264 g/mol. The number of aromatic nitrogens is 3. The standard InChI is InChI=1S/C16H20N4O/c21-16(15-8-10-3-1-2-4-13(10)19-15)18-12-5-6-14-11(7-12)9-17-20-14/h8-9,12,19H,1-7H2,(H,17,20)(H,18,21). The maximum Gasteiger partial charge on any atom is 0.267 e. The number of amides is 1. The Balaban J connectivity index is 1.45. The van der Waals surface area contributed by atoms with Crippen molar-refractivity contribution in [1.82, 2.24) is 20.5 Å². The number of hydrogen-bond donors (Lipinski definition) is 3. The molecule has 4 rings (SSSR count). The summed E-state index contributed by atoms with van der Waals surface area (Å²) in [6.07, 6.45) is 9.31. The average molecular weight is 284 g/mol. The van der Waals surface area contributed by atoms with Crippen molar-refractivity contribution in [2.75, 3.05) is 0 Å². The molecule has 2 heterocycles. The summed E-state index contributed by atoms with van der Waals surface area (Å²) in [5.41, 5.74) is 5.76. The summed E-state index contributed by atoms with van der Waals surface area (Å²) in [6.45, 7) is 0. The van der Waals surface area contributed by atoms with E-state index in [1.165, 1.54) is 35.4 Å². The van der Waals surface area contributed by atoms with Crippen molar-refractivity contribution in [1.29, 1.82) is 0 Å². The van der Waals surface area contributed by atoms with E-state index in [0.29, 0.717) is 0 Å². The minimum Gasteiger partial charge on any atom is -0.354 e. The van der Waals surface area contributed by atoms with Crippen LogP contribution in [0.5, 0.6) is 0 Å². The number of fused-ring (bicyclic) bond motifs is 2. The molecule has 3 N–H and O–H groups in total. The van der Waals surface area contributed by atoms with E-state index < -0.39 is 0 Å². The zero-order chi connectivity index (χ0) is 14.2. The van der Waals surface area contributed by atoms with Gasteiger partial charge in [-0.25, -0.2) is 0 Å². The number of nitrogens with zero attached hydrogens (tertiary/aromatic N) is 1. The minimum atomic E-state index is 0.0290. The molecule has 2 aliphatic rings. The molecule has 0 saturated carbocycles. The second kappa shape index (κ2) is 5.06. The molecule has 5 heteroatoms. The number of aromatic amines is 2. The van der Waals surface area contributed by atoms with Gasteiger partial charge in [0.25, 0.3) is 5.91 Å². The van der Waals surface area contributed by atoms with Gasteiger partial charge in [-0.2, -0.15) is 5.10 Å². The highest BCUT2D eigenvalue weighted by molar-refractivity contribution is 5.93. The molecule has 110 valence electrons. The quantitative estimate of drug-likeness (QED) is 0.788. The molecule has 0 fully saturated rings. The Morgan fingerprint density at radius 1 is 1.19 bits per heavy atom. The third-order valence-electron chi connectivity index (χ3n) is 4.71. The summed E-state index contributed by atoms with van der Waals surface area (Å²) in [4.78, 5) is 15.7. The lowest BCUT2D eigenvalue weighted by molar-refractivity contribution is 0.0929. The SMILES string of the molecule is O=C(NC1CCc2[nH]ncc2C1)c1cc2c([nH]1)CCCC2. The van der Waals surface area contributed by atoms with Crippen LogP contribution in [0.4, 0.5) is 0 Å². The highest BCUT2D eigenvalue weighted by Crippen LogP contribution is 2.22. The Bertz CT molecular complexity index is 646. The molecule has 0 radical (unpaired) electrons. The van der Waals surface area contributed by atoms with Crippen molar-refractivity contribution >= 4 is 5.91 Å². The first-order valence-corrected chi connectivity index (χ1v) is 7.82. The van der Waals surface area contributed by atoms with E-state index in [1.54, 1.807) is 0 Å². The van der Waals surface area contributed by atoms with Crippen LogP contribution in [0.1, 0.15) is 52.3 Å². The number of rotatable bonds is 2. The average Bonchev–Trinajstić information content (AvgIpc) is 3.13. The molecule has 1 atom stereocenters. The fourth-order valence-electron chi connectivity index (χ4n) is 3.53. The van der Waals surface area contributed by atoms with Crippen molar-refractivity contribution in [3.05, 3.63) is 40.5 Å². The summed E-state index contributed by atoms with van der Waals surface area (Å²) in [5, 5.41) is 10.3. The first kappa shape index (κ1) is 12.7. The number of H-pyrrole nitrogens is 2. The Kier molecular flexibility index (Phi) is 3.05. The topological polar surface area (TPSA) is 73.6 Å². The zero-order valence-electron chi connectivity index (χ0n) is 12.0. The summed E-state index contributed by atoms with van der Waals surface area (Å²) in [6, 6.07) is 2.25. The molecule has 2 aromatic heterocycles. The molecule has 0 aromatic carbocycles. The molecule has 5 nitrogen and oxygen atoms in total. The van der Waals surface area contributed by atoms with Gasteiger partial charge in [-0.15, -0.1) is 0 Å². The van der Waals surface area contributed by atoms with Gasteiger partial charge >= 0.3 is 0 Å². The highest BCUT2D eigenvalue weighted by Gasteiger charge is 2.23. The number of aryl methyl sites for hydroxylation is 3. The molecule has 0 spiro atoms. The second-order valence-corrected chi connectivity index (χ2v) is 6.18. The second-order valence-electron chi connectivity index (χ2n) is 6.18. The fraction of sp³-hybridized carbons (Fsp3) is 0.500. The fourth-order valence-corrected chi connectivity index (χ4v) is 3.53. The van der Waals surface area contributed by atoms with Crippen LogP contribution in [-0.4, -0.2) is 27.1 Å². The Morgan fingerprint density at radius 3 is 3.00 bits per heavy atom. The van der Waals surface area contributed by atoms with E-state index in [1.807, 2.05) is 12.3 Å². The van der Waals surface area contributed by atoms with Crippen LogP contribution in [-0.2, 0) is 25.7 Å². The zero-order valence-corrected chi connectivity index (χ0v) is 12.0. The van der Waals surface area contributed by atoms with Gasteiger partial charge in [-0.05, 0) is 62.1 Å². The monoisotopic (exact) mass is 284 g/mol. The van der Waals surface area contributed by atoms with Gasteiger partial charge in [0.05, 0.1) is 6.20 Å². The Labute approximate surface area is 123 Å². The van der Waals surface area contributed by atoms with Crippen LogP contribution < -0.4 is 5.32 Å². The van der Waals surface area contributed by atoms with Gasteiger partial charge in [-0.1, -0.05) is 0 Å². The van der Waals surface area contributed by atoms with Crippen LogP contribution in [0, 0.1) is 0 Å². The predicted octanol–water partition coefficient (Wildman–Crippen LogP) is 1.90. The first-order chi connectivity index (χ1) is 10.3. The summed E-state index contributed by atoms with van der Waals surface area (Å²) in [7, 11) is 0. The van der Waals surface area contributed by atoms with E-state index >= 15 is 0 Å². The van der Waals surface area contributed by atoms with E-state index in [0.717, 1.165) is 37.8 Å². The van der Waals surface area contributed by atoms with Crippen molar-refractivity contribution in [2.24, 2.45) is 0 Å². The third kappa shape index (κ3) is 2.37. The van der Waals surface area contributed by atoms with Crippen molar-refractivity contribution in [3.8, 4) is 0 Å². The number of carbonyl (C=O) groups excluding carboxylic acids is 1. The predicted molar refractivity (Wildman–Crippen MR) is 79.3 cm³/mol. The van der Waals surface area contributed by atoms with Crippen molar-refractivity contribution in [3.63, 3.8) is 0 Å². The molecule has 21 heavy (non-hydrogen) atoms. The molecule has 0 bridgehead atoms. The van der Waals surface area contributed by atoms with E-state index in [2.05, 4.69) is 20.5 Å². The number of carbonyl (C=O) groups is 1. The maximum absolute atomic E-state index is 12.4. The van der Waals surface area contributed by atoms with E-state index in [-0.39, 0.29) is 11.9 Å². The summed E-state index contributed by atoms with van der Waals surface area (Å²) >= 11 is 0. The van der Waals surface area contributed by atoms with Gasteiger partial charge in [0.1, 0.15) is 5.69 Å². The van der Waals surface area contributed by atoms with E-state index in [9.17, 15) is 4.79 Å². The Hall–Kier alpha value is -2.04. The molecule has 2 aliphatic carbocycles. The van der Waals surface area contributed by atoms with Gasteiger partial charge in [0.2, 0.25) is 0 Å². The van der Waals surface area contributed by atoms with Crippen molar-refractivity contribution in [2.45, 2.75) is 51.0 Å². The largest absolute Gasteiger partial charge is 0.354 e. The third-order valence-corrected chi connectivity index (χ3v) is 4.71. The van der Waals surface area contributed by atoms with Crippen LogP contribution in [0.25, 0.3) is 0 Å². The molecule has 2 aromatic rings. The normalized spacial score (nSPS) is 20.7. The molecular formula is C16H20N4O. The van der Waals surface area contributed by atoms with E-state index in [4.69, 9.17) is 0 Å². The Morgan fingerprint density at radius 2 is 2.10 bits per heavy atom. The molecule has 0 aliphatic heterocycles. The van der Waals surface area contributed by atoms with Gasteiger partial charge in [0.15, 0.2) is 0 Å². The number of hydrogen-bond acceptors (Lipinski definition) is 2. The molecule has 1 amide bonds. The highest BCUT2D eigenvalue weighted by atomic mass is 16.1. The molecule has 0 saturated heterocycles. The van der Waals surface area contributed by atoms with Crippen LogP contribution in [0.2, 0.25) is 0 Å². The molecule has 1 unspecified atom stereocenters. The lowest BCUT2D eigenvalue weighted by Gasteiger charge is -2.22. The lowest BCUT2D eigenvalue weighted by atomic mass is 9.93. The van der Waals surface area contributed by atoms with Crippen LogP contribution >= 0.6 is 0 Å². The maximum atomic E-state index is 12.4. The first-order valence-electron chi connectivity index (χ1n) is 7.82. The minimum absolute atomic E-state index is 0.0290. The summed E-state index contributed by atoms with van der Waals surface area (Å²) < 4.78 is 0. The van der Waals surface area contributed by atoms with Crippen LogP contribution in [0.15, 0.2) is 12.3 Å². The summed E-state index contributed by atoms with van der Waals surface area (Å²) in [5.74, 6) is 0.0290. The number of nitrogens with one attached hydrogen (secondary N) is 3. The van der Waals surface area contributed by atoms with Gasteiger partial charge in [0, 0.05) is 17.4 Å². The lowest BCUT2D eigenvalue weighted by Crippen LogP contribution is -2.38. The smallest absolute Gasteiger partial charge is 0.267 e. The van der Waals surface area contributed by atoms with Crippen molar-refractivity contribution < 1.29 is 4.79 Å².